The van der Waals surface area contributed by atoms with Crippen molar-refractivity contribution in [3.05, 3.63) is 81.9 Å². The summed E-state index contributed by atoms with van der Waals surface area (Å²) in [6.07, 6.45) is 0. The summed E-state index contributed by atoms with van der Waals surface area (Å²) in [4.78, 5) is 42.8. The molecule has 0 bridgehead atoms. The Labute approximate surface area is 175 Å². The molecule has 0 unspecified atom stereocenters. The lowest BCUT2D eigenvalue weighted by atomic mass is 10.1. The van der Waals surface area contributed by atoms with E-state index in [1.165, 1.54) is 0 Å². The number of rotatable bonds is 6. The fourth-order valence-electron chi connectivity index (χ4n) is 2.94. The number of benzene rings is 2. The molecule has 0 atom stereocenters. The van der Waals surface area contributed by atoms with Gasteiger partial charge in [0.1, 0.15) is 4.34 Å². The summed E-state index contributed by atoms with van der Waals surface area (Å²) in [6.45, 7) is 1.52. The molecule has 1 aliphatic rings. The minimum atomic E-state index is -0.576. The number of nitrogens with zero attached hydrogens (tertiary/aromatic N) is 2. The lowest BCUT2D eigenvalue weighted by Gasteiger charge is -2.15. The topological polar surface area (TPSA) is 76.6 Å². The molecule has 0 saturated heterocycles. The molecule has 2 amide bonds. The van der Waals surface area contributed by atoms with Gasteiger partial charge in [0.2, 0.25) is 0 Å². The summed E-state index contributed by atoms with van der Waals surface area (Å²) in [6, 6.07) is 13.7. The standard InChI is InChI=1S/C21H16N2O4S2/c1-13-10-28-21(22-13)29-11-14-6-2-3-7-15(14)20(26)27-12-23-18(24)16-8-4-5-9-17(16)19(23)25/h2-10H,11-12H2,1H3. The zero-order chi connectivity index (χ0) is 20.4. The van der Waals surface area contributed by atoms with Gasteiger partial charge in [0.25, 0.3) is 11.8 Å². The van der Waals surface area contributed by atoms with Gasteiger partial charge in [-0.1, -0.05) is 42.1 Å². The van der Waals surface area contributed by atoms with Gasteiger partial charge < -0.3 is 4.74 Å². The Morgan fingerprint density at radius 2 is 1.72 bits per heavy atom. The SMILES string of the molecule is Cc1csc(SCc2ccccc2C(=O)OCN2C(=O)c3ccccc3C2=O)n1. The van der Waals surface area contributed by atoms with Crippen LogP contribution in [0, 0.1) is 6.92 Å². The van der Waals surface area contributed by atoms with Crippen molar-refractivity contribution in [2.45, 2.75) is 17.0 Å². The molecule has 8 heteroatoms. The Morgan fingerprint density at radius 1 is 1.07 bits per heavy atom. The van der Waals surface area contributed by atoms with E-state index < -0.39 is 24.5 Å². The van der Waals surface area contributed by atoms with Crippen LogP contribution in [0.4, 0.5) is 0 Å². The van der Waals surface area contributed by atoms with Crippen molar-refractivity contribution in [2.75, 3.05) is 6.73 Å². The molecule has 6 nitrogen and oxygen atoms in total. The van der Waals surface area contributed by atoms with E-state index in [1.807, 2.05) is 24.4 Å². The van der Waals surface area contributed by atoms with Crippen LogP contribution in [0.15, 0.2) is 58.3 Å². The summed E-state index contributed by atoms with van der Waals surface area (Å²) in [7, 11) is 0. The lowest BCUT2D eigenvalue weighted by Crippen LogP contribution is -2.33. The maximum absolute atomic E-state index is 12.6. The predicted molar refractivity (Wildman–Crippen MR) is 110 cm³/mol. The van der Waals surface area contributed by atoms with Crippen molar-refractivity contribution < 1.29 is 19.1 Å². The van der Waals surface area contributed by atoms with Gasteiger partial charge in [0, 0.05) is 16.8 Å². The summed E-state index contributed by atoms with van der Waals surface area (Å²) < 4.78 is 6.23. The number of fused-ring (bicyclic) bond motifs is 1. The Bertz CT molecular complexity index is 1070. The molecule has 3 aromatic rings. The summed E-state index contributed by atoms with van der Waals surface area (Å²) in [5.41, 5.74) is 2.82. The number of esters is 1. The Morgan fingerprint density at radius 3 is 2.38 bits per heavy atom. The largest absolute Gasteiger partial charge is 0.440 e. The van der Waals surface area contributed by atoms with E-state index in [2.05, 4.69) is 4.98 Å². The first-order chi connectivity index (χ1) is 14.0. The van der Waals surface area contributed by atoms with E-state index in [1.54, 1.807) is 59.5 Å². The zero-order valence-electron chi connectivity index (χ0n) is 15.5. The van der Waals surface area contributed by atoms with E-state index >= 15 is 0 Å². The van der Waals surface area contributed by atoms with Crippen molar-refractivity contribution in [3.8, 4) is 0 Å². The van der Waals surface area contributed by atoms with Crippen molar-refractivity contribution in [1.29, 1.82) is 0 Å². The number of amides is 2. The highest BCUT2D eigenvalue weighted by atomic mass is 32.2. The molecule has 4 rings (SSSR count). The molecule has 0 fully saturated rings. The number of aromatic nitrogens is 1. The van der Waals surface area contributed by atoms with Crippen LogP contribution in [-0.2, 0) is 10.5 Å². The van der Waals surface area contributed by atoms with E-state index in [-0.39, 0.29) is 0 Å². The number of hydrogen-bond acceptors (Lipinski definition) is 7. The third-order valence-corrected chi connectivity index (χ3v) is 6.58. The van der Waals surface area contributed by atoms with E-state index in [4.69, 9.17) is 4.74 Å². The second kappa shape index (κ2) is 8.18. The van der Waals surface area contributed by atoms with Gasteiger partial charge >= 0.3 is 5.97 Å². The summed E-state index contributed by atoms with van der Waals surface area (Å²) >= 11 is 3.10. The average molecular weight is 425 g/mol. The highest BCUT2D eigenvalue weighted by Crippen LogP contribution is 2.28. The highest BCUT2D eigenvalue weighted by molar-refractivity contribution is 8.00. The Hall–Kier alpha value is -2.97. The molecule has 0 spiro atoms. The van der Waals surface area contributed by atoms with Crippen LogP contribution >= 0.6 is 23.1 Å². The first-order valence-electron chi connectivity index (χ1n) is 8.80. The van der Waals surface area contributed by atoms with Crippen molar-refractivity contribution in [2.24, 2.45) is 0 Å². The van der Waals surface area contributed by atoms with Gasteiger partial charge in [-0.15, -0.1) is 11.3 Å². The van der Waals surface area contributed by atoms with Crippen molar-refractivity contribution in [3.63, 3.8) is 0 Å². The molecule has 146 valence electrons. The summed E-state index contributed by atoms with van der Waals surface area (Å²) in [5, 5.41) is 1.98. The van der Waals surface area contributed by atoms with Gasteiger partial charge in [-0.05, 0) is 30.7 Å². The smallest absolute Gasteiger partial charge is 0.340 e. The van der Waals surface area contributed by atoms with Gasteiger partial charge in [0.05, 0.1) is 16.7 Å². The molecule has 0 N–H and O–H groups in total. The second-order valence-corrected chi connectivity index (χ2v) is 8.43. The molecule has 0 radical (unpaired) electrons. The number of thiazole rings is 1. The van der Waals surface area contributed by atoms with Crippen LogP contribution in [0.1, 0.15) is 42.3 Å². The number of hydrogen-bond donors (Lipinski definition) is 0. The van der Waals surface area contributed by atoms with Gasteiger partial charge in [0.15, 0.2) is 6.73 Å². The number of thioether (sulfide) groups is 1. The number of ether oxygens (including phenoxy) is 1. The van der Waals surface area contributed by atoms with Crippen molar-refractivity contribution in [1.82, 2.24) is 9.88 Å². The van der Waals surface area contributed by atoms with Crippen LogP contribution in [0.5, 0.6) is 0 Å². The third-order valence-electron chi connectivity index (χ3n) is 4.39. The second-order valence-electron chi connectivity index (χ2n) is 6.35. The van der Waals surface area contributed by atoms with E-state index in [0.29, 0.717) is 22.4 Å². The molecule has 2 aromatic carbocycles. The maximum atomic E-state index is 12.6. The molecule has 0 saturated carbocycles. The third kappa shape index (κ3) is 3.94. The fraction of sp³-hybridized carbons (Fsp3) is 0.143. The first-order valence-corrected chi connectivity index (χ1v) is 10.7. The minimum Gasteiger partial charge on any atom is -0.440 e. The molecule has 1 aromatic heterocycles. The van der Waals surface area contributed by atoms with Gasteiger partial charge in [-0.2, -0.15) is 0 Å². The molecular formula is C21H16N2O4S2. The minimum absolute atomic E-state index is 0.323. The monoisotopic (exact) mass is 424 g/mol. The normalized spacial score (nSPS) is 12.9. The number of carbonyl (C=O) groups excluding carboxylic acids is 3. The van der Waals surface area contributed by atoms with E-state index in [9.17, 15) is 14.4 Å². The number of imide groups is 1. The Kier molecular flexibility index (Phi) is 5.46. The average Bonchev–Trinajstić information content (AvgIpc) is 3.26. The van der Waals surface area contributed by atoms with Crippen LogP contribution < -0.4 is 0 Å². The summed E-state index contributed by atoms with van der Waals surface area (Å²) in [5.74, 6) is -0.929. The van der Waals surface area contributed by atoms with Crippen molar-refractivity contribution >= 4 is 40.9 Å². The molecule has 29 heavy (non-hydrogen) atoms. The molecule has 1 aliphatic heterocycles. The molecule has 2 heterocycles. The molecule has 0 aliphatic carbocycles. The first kappa shape index (κ1) is 19.4. The predicted octanol–water partition coefficient (Wildman–Crippen LogP) is 4.15. The zero-order valence-corrected chi connectivity index (χ0v) is 17.1. The number of carbonyl (C=O) groups is 3. The van der Waals surface area contributed by atoms with Gasteiger partial charge in [-0.3, -0.25) is 9.59 Å². The van der Waals surface area contributed by atoms with Crippen LogP contribution in [0.3, 0.4) is 0 Å². The quantitative estimate of drug-likeness (QED) is 0.336. The maximum Gasteiger partial charge on any atom is 0.340 e. The van der Waals surface area contributed by atoms with Gasteiger partial charge in [-0.25, -0.2) is 14.7 Å². The van der Waals surface area contributed by atoms with Crippen LogP contribution in [-0.4, -0.2) is 34.4 Å². The highest BCUT2D eigenvalue weighted by Gasteiger charge is 2.35. The van der Waals surface area contributed by atoms with Crippen LogP contribution in [0.25, 0.3) is 0 Å². The number of aryl methyl sites for hydroxylation is 1. The molecular weight excluding hydrogens is 408 g/mol. The van der Waals surface area contributed by atoms with Crippen LogP contribution in [0.2, 0.25) is 0 Å². The Balaban J connectivity index is 1.43. The fourth-order valence-corrected chi connectivity index (χ4v) is 4.79. The lowest BCUT2D eigenvalue weighted by molar-refractivity contribution is 0.0227. The van der Waals surface area contributed by atoms with E-state index in [0.717, 1.165) is 20.5 Å².